The van der Waals surface area contributed by atoms with Crippen molar-refractivity contribution >= 4 is 28.9 Å². The lowest BCUT2D eigenvalue weighted by Gasteiger charge is -2.13. The second-order valence-electron chi connectivity index (χ2n) is 6.07. The van der Waals surface area contributed by atoms with Crippen LogP contribution in [0.2, 0.25) is 5.02 Å². The van der Waals surface area contributed by atoms with Gasteiger partial charge in [0.25, 0.3) is 5.91 Å². The molecule has 0 spiro atoms. The van der Waals surface area contributed by atoms with Gasteiger partial charge in [-0.05, 0) is 48.7 Å². The van der Waals surface area contributed by atoms with Crippen LogP contribution in [0.4, 0.5) is 11.4 Å². The zero-order valence-corrected chi connectivity index (χ0v) is 15.3. The van der Waals surface area contributed by atoms with Gasteiger partial charge in [0.2, 0.25) is 0 Å². The van der Waals surface area contributed by atoms with E-state index < -0.39 is 0 Å². The summed E-state index contributed by atoms with van der Waals surface area (Å²) in [7, 11) is 0. The first-order chi connectivity index (χ1) is 12.5. The van der Waals surface area contributed by atoms with Gasteiger partial charge >= 0.3 is 0 Å². The number of aryl methyl sites for hydroxylation is 2. The molecule has 1 aromatic carbocycles. The highest BCUT2D eigenvalue weighted by molar-refractivity contribution is 6.33. The third-order valence-corrected chi connectivity index (χ3v) is 4.18. The summed E-state index contributed by atoms with van der Waals surface area (Å²) < 4.78 is 0. The van der Waals surface area contributed by atoms with E-state index in [0.717, 1.165) is 22.4 Å². The van der Waals surface area contributed by atoms with Crippen LogP contribution in [0.15, 0.2) is 55.1 Å². The number of anilines is 2. The number of carbonyl (C=O) groups is 1. The Kier molecular flexibility index (Phi) is 5.49. The fourth-order valence-electron chi connectivity index (χ4n) is 2.64. The molecule has 2 aromatic heterocycles. The first-order valence-electron chi connectivity index (χ1n) is 8.19. The summed E-state index contributed by atoms with van der Waals surface area (Å²) in [5, 5.41) is 6.75. The molecule has 26 heavy (non-hydrogen) atoms. The molecule has 0 atom stereocenters. The number of nitrogens with zero attached hydrogens (tertiary/aromatic N) is 2. The number of hydrogen-bond acceptors (Lipinski definition) is 4. The van der Waals surface area contributed by atoms with Gasteiger partial charge in [-0.2, -0.15) is 0 Å². The molecule has 0 bridgehead atoms. The van der Waals surface area contributed by atoms with Gasteiger partial charge in [-0.3, -0.25) is 14.8 Å². The molecule has 5 nitrogen and oxygen atoms in total. The van der Waals surface area contributed by atoms with E-state index in [1.54, 1.807) is 24.7 Å². The monoisotopic (exact) mass is 366 g/mol. The lowest BCUT2D eigenvalue weighted by Crippen LogP contribution is -2.23. The van der Waals surface area contributed by atoms with Crippen LogP contribution < -0.4 is 10.6 Å². The molecule has 2 N–H and O–H groups in total. The van der Waals surface area contributed by atoms with Gasteiger partial charge in [-0.1, -0.05) is 23.7 Å². The third-order valence-electron chi connectivity index (χ3n) is 3.88. The SMILES string of the molecule is Cc1cc(C)c(Nc2cncc(C(=O)NCc3cccnc3)c2)c(Cl)c1. The first kappa shape index (κ1) is 17.9. The summed E-state index contributed by atoms with van der Waals surface area (Å²) in [6.07, 6.45) is 6.61. The molecule has 1 amide bonds. The van der Waals surface area contributed by atoms with E-state index in [1.807, 2.05) is 38.1 Å². The van der Waals surface area contributed by atoms with E-state index in [9.17, 15) is 4.79 Å². The van der Waals surface area contributed by atoms with Gasteiger partial charge in [0.15, 0.2) is 0 Å². The maximum atomic E-state index is 12.4. The predicted octanol–water partition coefficient (Wildman–Crippen LogP) is 4.42. The number of carbonyl (C=O) groups excluding carboxylic acids is 1. The van der Waals surface area contributed by atoms with Crippen LogP contribution in [-0.4, -0.2) is 15.9 Å². The fourth-order valence-corrected chi connectivity index (χ4v) is 3.01. The minimum atomic E-state index is -0.197. The molecule has 3 aromatic rings. The van der Waals surface area contributed by atoms with Crippen molar-refractivity contribution in [2.75, 3.05) is 5.32 Å². The van der Waals surface area contributed by atoms with Crippen molar-refractivity contribution in [3.63, 3.8) is 0 Å². The average Bonchev–Trinajstić information content (AvgIpc) is 2.64. The number of benzene rings is 1. The van der Waals surface area contributed by atoms with Crippen molar-refractivity contribution in [2.45, 2.75) is 20.4 Å². The first-order valence-corrected chi connectivity index (χ1v) is 8.56. The van der Waals surface area contributed by atoms with E-state index in [0.29, 0.717) is 22.8 Å². The topological polar surface area (TPSA) is 66.9 Å². The van der Waals surface area contributed by atoms with E-state index in [2.05, 4.69) is 20.6 Å². The predicted molar refractivity (Wildman–Crippen MR) is 104 cm³/mol. The van der Waals surface area contributed by atoms with E-state index >= 15 is 0 Å². The molecule has 3 rings (SSSR count). The molecular weight excluding hydrogens is 348 g/mol. The Labute approximate surface area is 157 Å². The third kappa shape index (κ3) is 4.37. The molecule has 0 aliphatic heterocycles. The van der Waals surface area contributed by atoms with Crippen molar-refractivity contribution in [1.82, 2.24) is 15.3 Å². The maximum Gasteiger partial charge on any atom is 0.253 e. The molecule has 0 fully saturated rings. The quantitative estimate of drug-likeness (QED) is 0.701. The molecule has 0 aliphatic rings. The number of hydrogen-bond donors (Lipinski definition) is 2. The molecule has 0 aliphatic carbocycles. The second-order valence-corrected chi connectivity index (χ2v) is 6.48. The van der Waals surface area contributed by atoms with Crippen molar-refractivity contribution in [3.8, 4) is 0 Å². The zero-order valence-electron chi connectivity index (χ0n) is 14.6. The summed E-state index contributed by atoms with van der Waals surface area (Å²) in [5.41, 5.74) is 5.05. The van der Waals surface area contributed by atoms with Gasteiger partial charge in [0.05, 0.1) is 28.2 Å². The van der Waals surface area contributed by atoms with E-state index in [-0.39, 0.29) is 5.91 Å². The number of halogens is 1. The van der Waals surface area contributed by atoms with Gasteiger partial charge in [0, 0.05) is 25.1 Å². The van der Waals surface area contributed by atoms with Gasteiger partial charge in [0.1, 0.15) is 0 Å². The number of aromatic nitrogens is 2. The van der Waals surface area contributed by atoms with Crippen LogP contribution in [0.3, 0.4) is 0 Å². The molecule has 0 radical (unpaired) electrons. The Morgan fingerprint density at radius 2 is 1.96 bits per heavy atom. The number of rotatable bonds is 5. The minimum Gasteiger partial charge on any atom is -0.353 e. The van der Waals surface area contributed by atoms with Gasteiger partial charge in [-0.25, -0.2) is 0 Å². The van der Waals surface area contributed by atoms with Crippen LogP contribution in [0.1, 0.15) is 27.0 Å². The van der Waals surface area contributed by atoms with Crippen LogP contribution in [0.25, 0.3) is 0 Å². The summed E-state index contributed by atoms with van der Waals surface area (Å²) in [5.74, 6) is -0.197. The molecular formula is C20H19ClN4O. The summed E-state index contributed by atoms with van der Waals surface area (Å²) in [6.45, 7) is 4.39. The van der Waals surface area contributed by atoms with Crippen LogP contribution in [0.5, 0.6) is 0 Å². The zero-order chi connectivity index (χ0) is 18.5. The Hall–Kier alpha value is -2.92. The van der Waals surface area contributed by atoms with Crippen molar-refractivity contribution in [2.24, 2.45) is 0 Å². The maximum absolute atomic E-state index is 12.4. The summed E-state index contributed by atoms with van der Waals surface area (Å²) >= 11 is 6.34. The molecule has 0 saturated carbocycles. The molecule has 2 heterocycles. The Balaban J connectivity index is 1.73. The van der Waals surface area contributed by atoms with E-state index in [1.165, 1.54) is 6.20 Å². The Morgan fingerprint density at radius 1 is 1.12 bits per heavy atom. The molecule has 0 unspecified atom stereocenters. The van der Waals surface area contributed by atoms with Crippen LogP contribution in [-0.2, 0) is 6.54 Å². The average molecular weight is 367 g/mol. The van der Waals surface area contributed by atoms with E-state index in [4.69, 9.17) is 11.6 Å². The number of amides is 1. The standard InChI is InChI=1S/C20H19ClN4O/c1-13-6-14(2)19(18(21)7-13)25-17-8-16(11-23-12-17)20(26)24-10-15-4-3-5-22-9-15/h3-9,11-12,25H,10H2,1-2H3,(H,24,26). The molecule has 132 valence electrons. The number of pyridine rings is 2. The summed E-state index contributed by atoms with van der Waals surface area (Å²) in [4.78, 5) is 20.6. The van der Waals surface area contributed by atoms with Crippen molar-refractivity contribution in [3.05, 3.63) is 82.4 Å². The van der Waals surface area contributed by atoms with Crippen LogP contribution >= 0.6 is 11.6 Å². The lowest BCUT2D eigenvalue weighted by molar-refractivity contribution is 0.0950. The summed E-state index contributed by atoms with van der Waals surface area (Å²) in [6, 6.07) is 9.44. The molecule has 6 heteroatoms. The fraction of sp³-hybridized carbons (Fsp3) is 0.150. The van der Waals surface area contributed by atoms with Crippen molar-refractivity contribution in [1.29, 1.82) is 0 Å². The normalized spacial score (nSPS) is 10.4. The smallest absolute Gasteiger partial charge is 0.253 e. The minimum absolute atomic E-state index is 0.197. The largest absolute Gasteiger partial charge is 0.353 e. The highest BCUT2D eigenvalue weighted by atomic mass is 35.5. The van der Waals surface area contributed by atoms with Crippen LogP contribution in [0, 0.1) is 13.8 Å². The van der Waals surface area contributed by atoms with Gasteiger partial charge < -0.3 is 10.6 Å². The highest BCUT2D eigenvalue weighted by Crippen LogP contribution is 2.30. The van der Waals surface area contributed by atoms with Gasteiger partial charge in [-0.15, -0.1) is 0 Å². The lowest BCUT2D eigenvalue weighted by atomic mass is 10.1. The number of nitrogens with one attached hydrogen (secondary N) is 2. The Morgan fingerprint density at radius 3 is 2.69 bits per heavy atom. The van der Waals surface area contributed by atoms with Crippen molar-refractivity contribution < 1.29 is 4.79 Å². The highest BCUT2D eigenvalue weighted by Gasteiger charge is 2.10. The second kappa shape index (κ2) is 7.97. The Bertz CT molecular complexity index is 905. The molecule has 0 saturated heterocycles.